The van der Waals surface area contributed by atoms with E-state index < -0.39 is 18.0 Å². The Bertz CT molecular complexity index is 1130. The van der Waals surface area contributed by atoms with Gasteiger partial charge >= 0.3 is 12.0 Å². The molecule has 0 radical (unpaired) electrons. The Hall–Kier alpha value is -3.53. The van der Waals surface area contributed by atoms with Crippen LogP contribution in [0.1, 0.15) is 31.0 Å². The lowest BCUT2D eigenvalue weighted by Crippen LogP contribution is -2.45. The highest BCUT2D eigenvalue weighted by Gasteiger charge is 2.33. The van der Waals surface area contributed by atoms with Gasteiger partial charge in [0, 0.05) is 11.4 Å². The summed E-state index contributed by atoms with van der Waals surface area (Å²) in [7, 11) is 1.27. The van der Waals surface area contributed by atoms with Crippen molar-refractivity contribution in [2.75, 3.05) is 25.6 Å². The zero-order valence-corrected chi connectivity index (χ0v) is 20.9. The summed E-state index contributed by atoms with van der Waals surface area (Å²) in [6.45, 7) is 5.48. The molecule has 180 valence electrons. The van der Waals surface area contributed by atoms with Gasteiger partial charge in [0.25, 0.3) is 5.91 Å². The molecule has 3 amide bonds. The minimum Gasteiger partial charge on any atom is -0.490 e. The van der Waals surface area contributed by atoms with E-state index >= 15 is 0 Å². The summed E-state index contributed by atoms with van der Waals surface area (Å²) in [5, 5.41) is 8.09. The molecular formula is C24H26BrN3O6. The second-order valence-electron chi connectivity index (χ2n) is 7.53. The largest absolute Gasteiger partial charge is 0.490 e. The van der Waals surface area contributed by atoms with Crippen molar-refractivity contribution in [1.29, 1.82) is 0 Å². The van der Waals surface area contributed by atoms with Gasteiger partial charge in [0.2, 0.25) is 0 Å². The maximum Gasteiger partial charge on any atom is 0.337 e. The quantitative estimate of drug-likeness (QED) is 0.444. The summed E-state index contributed by atoms with van der Waals surface area (Å²) in [4.78, 5) is 36.9. The van der Waals surface area contributed by atoms with Gasteiger partial charge in [-0.1, -0.05) is 17.7 Å². The topological polar surface area (TPSA) is 115 Å². The third-order valence-corrected chi connectivity index (χ3v) is 5.61. The number of amides is 3. The lowest BCUT2D eigenvalue weighted by atomic mass is 9.95. The molecule has 1 aliphatic heterocycles. The molecule has 0 aromatic heterocycles. The minimum atomic E-state index is -0.768. The van der Waals surface area contributed by atoms with Gasteiger partial charge in [-0.25, -0.2) is 9.59 Å². The van der Waals surface area contributed by atoms with E-state index in [2.05, 4.69) is 31.9 Å². The van der Waals surface area contributed by atoms with Crippen LogP contribution in [0.5, 0.6) is 11.5 Å². The number of nitrogens with one attached hydrogen (secondary N) is 3. The molecule has 3 N–H and O–H groups in total. The molecular weight excluding hydrogens is 506 g/mol. The molecule has 2 aromatic carbocycles. The van der Waals surface area contributed by atoms with Crippen LogP contribution in [-0.4, -0.2) is 38.2 Å². The lowest BCUT2D eigenvalue weighted by molar-refractivity contribution is -0.136. The third kappa shape index (κ3) is 5.88. The number of allylic oxidation sites excluding steroid dienone is 1. The molecule has 0 saturated heterocycles. The summed E-state index contributed by atoms with van der Waals surface area (Å²) in [5.74, 6) is -0.230. The number of hydrogen-bond donors (Lipinski definition) is 3. The van der Waals surface area contributed by atoms with Crippen LogP contribution in [0, 0.1) is 6.92 Å². The van der Waals surface area contributed by atoms with Crippen molar-refractivity contribution in [3.63, 3.8) is 0 Å². The first-order valence-corrected chi connectivity index (χ1v) is 11.3. The Morgan fingerprint density at radius 3 is 2.47 bits per heavy atom. The fourth-order valence-corrected chi connectivity index (χ4v) is 4.03. The number of rotatable bonds is 8. The SMILES string of the molecule is CCOc1cc([C@@H]2NC(=O)NC(C)=C2C(=O)OC)cc(Br)c1OCC(=O)Nc1ccc(C)cc1. The van der Waals surface area contributed by atoms with Crippen molar-refractivity contribution >= 4 is 39.5 Å². The molecule has 2 aromatic rings. The smallest absolute Gasteiger partial charge is 0.337 e. The van der Waals surface area contributed by atoms with Crippen LogP contribution in [0.2, 0.25) is 0 Å². The molecule has 0 aliphatic carbocycles. The minimum absolute atomic E-state index is 0.248. The molecule has 0 saturated carbocycles. The number of anilines is 1. The predicted octanol–water partition coefficient (Wildman–Crippen LogP) is 3.97. The van der Waals surface area contributed by atoms with Gasteiger partial charge in [-0.2, -0.15) is 0 Å². The fraction of sp³-hybridized carbons (Fsp3) is 0.292. The molecule has 34 heavy (non-hydrogen) atoms. The van der Waals surface area contributed by atoms with Gasteiger partial charge in [0.1, 0.15) is 0 Å². The van der Waals surface area contributed by atoms with Gasteiger partial charge < -0.3 is 30.2 Å². The van der Waals surface area contributed by atoms with Crippen LogP contribution in [-0.2, 0) is 14.3 Å². The zero-order valence-electron chi connectivity index (χ0n) is 19.3. The van der Waals surface area contributed by atoms with Crippen molar-refractivity contribution in [2.24, 2.45) is 0 Å². The van der Waals surface area contributed by atoms with Crippen molar-refractivity contribution in [3.8, 4) is 11.5 Å². The summed E-state index contributed by atoms with van der Waals surface area (Å²) < 4.78 is 16.9. The van der Waals surface area contributed by atoms with Crippen LogP contribution in [0.3, 0.4) is 0 Å². The average Bonchev–Trinajstić information content (AvgIpc) is 2.79. The fourth-order valence-electron chi connectivity index (χ4n) is 3.45. The Balaban J connectivity index is 1.85. The summed E-state index contributed by atoms with van der Waals surface area (Å²) in [6.07, 6.45) is 0. The third-order valence-electron chi connectivity index (χ3n) is 5.02. The Morgan fingerprint density at radius 1 is 1.12 bits per heavy atom. The van der Waals surface area contributed by atoms with Crippen LogP contribution >= 0.6 is 15.9 Å². The molecule has 0 spiro atoms. The first-order chi connectivity index (χ1) is 16.2. The van der Waals surface area contributed by atoms with E-state index in [-0.39, 0.29) is 18.1 Å². The van der Waals surface area contributed by atoms with Gasteiger partial charge in [0.05, 0.1) is 29.8 Å². The number of halogens is 1. The van der Waals surface area contributed by atoms with Gasteiger partial charge in [-0.05, 0) is 66.5 Å². The molecule has 0 bridgehead atoms. The molecule has 9 nitrogen and oxygen atoms in total. The second-order valence-corrected chi connectivity index (χ2v) is 8.38. The van der Waals surface area contributed by atoms with Crippen LogP contribution in [0.15, 0.2) is 52.1 Å². The van der Waals surface area contributed by atoms with E-state index in [1.54, 1.807) is 19.1 Å². The Kier molecular flexibility index (Phi) is 8.17. The lowest BCUT2D eigenvalue weighted by Gasteiger charge is -2.28. The first kappa shape index (κ1) is 25.1. The number of esters is 1. The van der Waals surface area contributed by atoms with E-state index in [9.17, 15) is 14.4 Å². The number of ether oxygens (including phenoxy) is 3. The summed E-state index contributed by atoms with van der Waals surface area (Å²) in [6, 6.07) is 9.56. The van der Waals surface area contributed by atoms with Crippen molar-refractivity contribution in [1.82, 2.24) is 10.6 Å². The van der Waals surface area contributed by atoms with Crippen LogP contribution < -0.4 is 25.4 Å². The molecule has 0 unspecified atom stereocenters. The zero-order chi connectivity index (χ0) is 24.8. The van der Waals surface area contributed by atoms with Crippen molar-refractivity contribution in [2.45, 2.75) is 26.8 Å². The molecule has 3 rings (SSSR count). The molecule has 1 aliphatic rings. The highest BCUT2D eigenvalue weighted by molar-refractivity contribution is 9.10. The van der Waals surface area contributed by atoms with Gasteiger partial charge in [0.15, 0.2) is 18.1 Å². The van der Waals surface area contributed by atoms with E-state index in [0.29, 0.717) is 39.5 Å². The molecule has 0 fully saturated rings. The number of hydrogen-bond acceptors (Lipinski definition) is 6. The molecule has 1 atom stereocenters. The number of carbonyl (C=O) groups is 3. The van der Waals surface area contributed by atoms with Crippen molar-refractivity contribution in [3.05, 3.63) is 63.3 Å². The predicted molar refractivity (Wildman–Crippen MR) is 130 cm³/mol. The number of benzene rings is 2. The molecule has 1 heterocycles. The number of methoxy groups -OCH3 is 1. The van der Waals surface area contributed by atoms with Crippen molar-refractivity contribution < 1.29 is 28.6 Å². The first-order valence-electron chi connectivity index (χ1n) is 10.6. The highest BCUT2D eigenvalue weighted by atomic mass is 79.9. The average molecular weight is 532 g/mol. The van der Waals surface area contributed by atoms with Gasteiger partial charge in [-0.3, -0.25) is 4.79 Å². The standard InChI is InChI=1S/C24H26BrN3O6/c1-5-33-18-11-15(21-20(23(30)32-4)14(3)26-24(31)28-21)10-17(25)22(18)34-12-19(29)27-16-8-6-13(2)7-9-16/h6-11,21H,5,12H2,1-4H3,(H,27,29)(H2,26,28,31)/t21-/m0/s1. The Morgan fingerprint density at radius 2 is 1.82 bits per heavy atom. The summed E-state index contributed by atoms with van der Waals surface area (Å²) in [5.41, 5.74) is 2.98. The summed E-state index contributed by atoms with van der Waals surface area (Å²) >= 11 is 3.47. The Labute approximate surface area is 206 Å². The van der Waals surface area contributed by atoms with Gasteiger partial charge in [-0.15, -0.1) is 0 Å². The van der Waals surface area contributed by atoms with E-state index in [1.807, 2.05) is 38.1 Å². The maximum atomic E-state index is 12.4. The van der Waals surface area contributed by atoms with E-state index in [4.69, 9.17) is 14.2 Å². The van der Waals surface area contributed by atoms with Crippen LogP contribution in [0.4, 0.5) is 10.5 Å². The highest BCUT2D eigenvalue weighted by Crippen LogP contribution is 2.40. The second kappa shape index (κ2) is 11.1. The maximum absolute atomic E-state index is 12.4. The monoisotopic (exact) mass is 531 g/mol. The van der Waals surface area contributed by atoms with E-state index in [0.717, 1.165) is 5.56 Å². The number of urea groups is 1. The molecule has 10 heteroatoms. The number of aryl methyl sites for hydroxylation is 1. The van der Waals surface area contributed by atoms with Crippen LogP contribution in [0.25, 0.3) is 0 Å². The van der Waals surface area contributed by atoms with E-state index in [1.165, 1.54) is 7.11 Å². The number of carbonyl (C=O) groups excluding carboxylic acids is 3. The normalized spacial score (nSPS) is 15.2.